The first kappa shape index (κ1) is 18.5. The quantitative estimate of drug-likeness (QED) is 0.153. The van der Waals surface area contributed by atoms with Crippen LogP contribution in [0.4, 0.5) is 0 Å². The summed E-state index contributed by atoms with van der Waals surface area (Å²) >= 11 is 5.04. The van der Waals surface area contributed by atoms with E-state index in [4.69, 9.17) is 0 Å². The lowest BCUT2D eigenvalue weighted by atomic mass is 10.1. The molecule has 0 saturated heterocycles. The van der Waals surface area contributed by atoms with Crippen molar-refractivity contribution in [3.05, 3.63) is 0 Å². The fraction of sp³-hybridized carbons (Fsp3) is 1.00. The highest BCUT2D eigenvalue weighted by molar-refractivity contribution is 14.2. The van der Waals surface area contributed by atoms with Crippen LogP contribution in [0.15, 0.2) is 0 Å². The van der Waals surface area contributed by atoms with Crippen LogP contribution in [0.2, 0.25) is 0 Å². The molecule has 0 spiro atoms. The fourth-order valence-corrected chi connectivity index (χ4v) is 3.02. The Morgan fingerprint density at radius 2 is 0.941 bits per heavy atom. The van der Waals surface area contributed by atoms with Crippen LogP contribution in [-0.2, 0) is 0 Å². The van der Waals surface area contributed by atoms with E-state index in [1.165, 1.54) is 83.5 Å². The molecule has 0 unspecified atom stereocenters. The minimum absolute atomic E-state index is 0.841. The number of alkyl halides is 2. The van der Waals surface area contributed by atoms with Gasteiger partial charge in [0, 0.05) is 0 Å². The molecule has 17 heavy (non-hydrogen) atoms. The Morgan fingerprint density at radius 3 is 1.29 bits per heavy atom. The molecule has 0 rings (SSSR count). The lowest BCUT2D eigenvalue weighted by molar-refractivity contribution is 0.543. The van der Waals surface area contributed by atoms with Crippen molar-refractivity contribution in [2.45, 2.75) is 92.3 Å². The van der Waals surface area contributed by atoms with Gasteiger partial charge in [0.15, 0.2) is 0 Å². The summed E-state index contributed by atoms with van der Waals surface area (Å²) in [5, 5.41) is 0. The molecule has 0 N–H and O–H groups in total. The lowest BCUT2D eigenvalue weighted by Crippen LogP contribution is -1.86. The third kappa shape index (κ3) is 17.5. The monoisotopic (exact) mass is 464 g/mol. The van der Waals surface area contributed by atoms with Crippen molar-refractivity contribution in [1.29, 1.82) is 0 Å². The Balaban J connectivity index is 2.89. The second kappa shape index (κ2) is 15.5. The number of hydrogen-bond acceptors (Lipinski definition) is 0. The molecular weight excluding hydrogens is 434 g/mol. The maximum atomic E-state index is 2.52. The molecule has 0 heterocycles. The molecule has 0 aromatic carbocycles. The van der Waals surface area contributed by atoms with Crippen LogP contribution < -0.4 is 0 Å². The summed E-state index contributed by atoms with van der Waals surface area (Å²) < 4.78 is 0.841. The number of rotatable bonds is 13. The van der Waals surface area contributed by atoms with Gasteiger partial charge in [0.25, 0.3) is 0 Å². The van der Waals surface area contributed by atoms with Crippen molar-refractivity contribution < 1.29 is 0 Å². The van der Waals surface area contributed by atoms with Crippen LogP contribution in [-0.4, -0.2) is 1.93 Å². The summed E-state index contributed by atoms with van der Waals surface area (Å²) in [5.41, 5.74) is 0. The Kier molecular flexibility index (Phi) is 16.8. The van der Waals surface area contributed by atoms with E-state index in [1.54, 1.807) is 0 Å². The minimum atomic E-state index is 0.841. The summed E-state index contributed by atoms with van der Waals surface area (Å²) in [6, 6.07) is 0. The highest BCUT2D eigenvalue weighted by atomic mass is 127. The van der Waals surface area contributed by atoms with E-state index in [-0.39, 0.29) is 0 Å². The molecule has 0 radical (unpaired) electrons. The fourth-order valence-electron chi connectivity index (χ4n) is 2.14. The normalized spacial score (nSPS) is 11.3. The second-order valence-corrected chi connectivity index (χ2v) is 10.5. The Morgan fingerprint density at radius 1 is 0.588 bits per heavy atom. The molecule has 0 nitrogen and oxygen atoms in total. The third-order valence-corrected chi connectivity index (χ3v) is 4.52. The van der Waals surface area contributed by atoms with Gasteiger partial charge in [0.1, 0.15) is 0 Å². The predicted octanol–water partition coefficient (Wildman–Crippen LogP) is 7.27. The molecule has 0 amide bonds. The maximum Gasteiger partial charge on any atom is 0.0626 e. The van der Waals surface area contributed by atoms with E-state index < -0.39 is 0 Å². The van der Waals surface area contributed by atoms with Crippen LogP contribution in [0, 0.1) is 0 Å². The van der Waals surface area contributed by atoms with Gasteiger partial charge in [-0.05, 0) is 6.42 Å². The standard InChI is InChI=1S/C15H30I2/c1-2-3-4-5-6-7-8-9-10-11-12-13-14-15(16)17/h15H,2-14H2,1H3. The average Bonchev–Trinajstić information content (AvgIpc) is 2.30. The first-order valence-electron chi connectivity index (χ1n) is 7.55. The van der Waals surface area contributed by atoms with E-state index in [2.05, 4.69) is 52.1 Å². The molecule has 0 aromatic rings. The molecule has 0 saturated carbocycles. The van der Waals surface area contributed by atoms with E-state index in [9.17, 15) is 0 Å². The smallest absolute Gasteiger partial charge is 0.0626 e. The molecule has 104 valence electrons. The molecule has 0 bridgehead atoms. The Labute approximate surface area is 136 Å². The molecule has 2 heteroatoms. The van der Waals surface area contributed by atoms with Crippen LogP contribution >= 0.6 is 45.2 Å². The van der Waals surface area contributed by atoms with Gasteiger partial charge < -0.3 is 0 Å². The first-order valence-corrected chi connectivity index (χ1v) is 10.0. The van der Waals surface area contributed by atoms with Gasteiger partial charge in [-0.2, -0.15) is 0 Å². The predicted molar refractivity (Wildman–Crippen MR) is 97.5 cm³/mol. The highest BCUT2D eigenvalue weighted by Gasteiger charge is 1.97. The van der Waals surface area contributed by atoms with Crippen LogP contribution in [0.1, 0.15) is 90.4 Å². The van der Waals surface area contributed by atoms with Crippen molar-refractivity contribution in [3.63, 3.8) is 0 Å². The largest absolute Gasteiger partial charge is 0.0710 e. The summed E-state index contributed by atoms with van der Waals surface area (Å²) in [4.78, 5) is 0. The van der Waals surface area contributed by atoms with Gasteiger partial charge in [0.2, 0.25) is 0 Å². The second-order valence-electron chi connectivity index (χ2n) is 5.07. The van der Waals surface area contributed by atoms with Gasteiger partial charge in [-0.25, -0.2) is 0 Å². The molecule has 0 aliphatic carbocycles. The van der Waals surface area contributed by atoms with Crippen LogP contribution in [0.5, 0.6) is 0 Å². The Hall–Kier alpha value is 1.46. The number of hydrogen-bond donors (Lipinski definition) is 0. The van der Waals surface area contributed by atoms with E-state index >= 15 is 0 Å². The van der Waals surface area contributed by atoms with Gasteiger partial charge in [-0.15, -0.1) is 0 Å². The summed E-state index contributed by atoms with van der Waals surface area (Å²) in [6.45, 7) is 2.29. The van der Waals surface area contributed by atoms with Crippen molar-refractivity contribution in [2.24, 2.45) is 0 Å². The summed E-state index contributed by atoms with van der Waals surface area (Å²) in [5.74, 6) is 0. The zero-order valence-corrected chi connectivity index (χ0v) is 15.8. The third-order valence-electron chi connectivity index (χ3n) is 3.28. The number of halogens is 2. The molecule has 0 atom stereocenters. The van der Waals surface area contributed by atoms with Crippen molar-refractivity contribution >= 4 is 45.2 Å². The maximum absolute atomic E-state index is 2.52. The van der Waals surface area contributed by atoms with Gasteiger partial charge in [-0.3, -0.25) is 0 Å². The summed E-state index contributed by atoms with van der Waals surface area (Å²) in [7, 11) is 0. The molecular formula is C15H30I2. The zero-order valence-electron chi connectivity index (χ0n) is 11.5. The summed E-state index contributed by atoms with van der Waals surface area (Å²) in [6.07, 6.45) is 18.9. The van der Waals surface area contributed by atoms with Crippen LogP contribution in [0.25, 0.3) is 0 Å². The van der Waals surface area contributed by atoms with E-state index in [0.29, 0.717) is 0 Å². The lowest BCUT2D eigenvalue weighted by Gasteiger charge is -2.03. The van der Waals surface area contributed by atoms with Crippen LogP contribution in [0.3, 0.4) is 0 Å². The minimum Gasteiger partial charge on any atom is -0.0710 e. The SMILES string of the molecule is CCCCCCCCCCCCCCC(I)I. The van der Waals surface area contributed by atoms with E-state index in [0.717, 1.165) is 1.93 Å². The van der Waals surface area contributed by atoms with Gasteiger partial charge >= 0.3 is 0 Å². The molecule has 0 fully saturated rings. The zero-order chi connectivity index (χ0) is 12.8. The molecule has 0 aliphatic rings. The molecule has 0 aliphatic heterocycles. The van der Waals surface area contributed by atoms with Gasteiger partial charge in [-0.1, -0.05) is 129 Å². The average molecular weight is 464 g/mol. The first-order chi connectivity index (χ1) is 8.27. The highest BCUT2D eigenvalue weighted by Crippen LogP contribution is 2.19. The van der Waals surface area contributed by atoms with Crippen molar-refractivity contribution in [3.8, 4) is 0 Å². The van der Waals surface area contributed by atoms with Crippen molar-refractivity contribution in [1.82, 2.24) is 0 Å². The Bertz CT molecular complexity index is 135. The molecule has 0 aromatic heterocycles. The number of unbranched alkanes of at least 4 members (excludes halogenated alkanes) is 11. The van der Waals surface area contributed by atoms with Crippen molar-refractivity contribution in [2.75, 3.05) is 0 Å². The van der Waals surface area contributed by atoms with Gasteiger partial charge in [0.05, 0.1) is 1.93 Å². The topological polar surface area (TPSA) is 0 Å². The van der Waals surface area contributed by atoms with E-state index in [1.807, 2.05) is 0 Å².